The quantitative estimate of drug-likeness (QED) is 0.859. The van der Waals surface area contributed by atoms with Crippen LogP contribution in [0.5, 0.6) is 11.5 Å². The molecule has 1 atom stereocenters. The van der Waals surface area contributed by atoms with Crippen molar-refractivity contribution in [1.29, 1.82) is 0 Å². The van der Waals surface area contributed by atoms with E-state index in [1.165, 1.54) is 0 Å². The standard InChI is InChI=1S/C14H21NO4/c1-17-13-4-3-11(7-14(13)18-2)8-15-5-6-19-12(9-15)10-16/h3-4,7,12,16H,5-6,8-10H2,1-2H3. The molecule has 1 fully saturated rings. The predicted octanol–water partition coefficient (Wildman–Crippen LogP) is 0.897. The first-order valence-electron chi connectivity index (χ1n) is 6.42. The van der Waals surface area contributed by atoms with Gasteiger partial charge in [0, 0.05) is 19.6 Å². The highest BCUT2D eigenvalue weighted by Crippen LogP contribution is 2.28. The fourth-order valence-corrected chi connectivity index (χ4v) is 2.27. The van der Waals surface area contributed by atoms with E-state index in [1.54, 1.807) is 14.2 Å². The maximum atomic E-state index is 9.14. The summed E-state index contributed by atoms with van der Waals surface area (Å²) >= 11 is 0. The topological polar surface area (TPSA) is 51.2 Å². The van der Waals surface area contributed by atoms with E-state index in [2.05, 4.69) is 4.90 Å². The van der Waals surface area contributed by atoms with E-state index in [0.29, 0.717) is 6.61 Å². The summed E-state index contributed by atoms with van der Waals surface area (Å²) in [6.07, 6.45) is -0.0751. The lowest BCUT2D eigenvalue weighted by Crippen LogP contribution is -2.43. The molecule has 0 aromatic heterocycles. The third-order valence-electron chi connectivity index (χ3n) is 3.28. The van der Waals surface area contributed by atoms with Crippen LogP contribution in [0.4, 0.5) is 0 Å². The fourth-order valence-electron chi connectivity index (χ4n) is 2.27. The first-order chi connectivity index (χ1) is 9.26. The normalized spacial score (nSPS) is 20.3. The van der Waals surface area contributed by atoms with E-state index in [1.807, 2.05) is 18.2 Å². The Labute approximate surface area is 113 Å². The molecule has 5 heteroatoms. The minimum absolute atomic E-state index is 0.0719. The van der Waals surface area contributed by atoms with Gasteiger partial charge in [0.25, 0.3) is 0 Å². The van der Waals surface area contributed by atoms with E-state index in [0.717, 1.165) is 36.7 Å². The van der Waals surface area contributed by atoms with Gasteiger partial charge in [0.2, 0.25) is 0 Å². The maximum absolute atomic E-state index is 9.14. The van der Waals surface area contributed by atoms with Crippen molar-refractivity contribution in [1.82, 2.24) is 4.90 Å². The van der Waals surface area contributed by atoms with Gasteiger partial charge in [-0.15, -0.1) is 0 Å². The van der Waals surface area contributed by atoms with Crippen LogP contribution in [0.25, 0.3) is 0 Å². The van der Waals surface area contributed by atoms with Crippen LogP contribution in [0.15, 0.2) is 18.2 Å². The van der Waals surface area contributed by atoms with Crippen LogP contribution in [-0.2, 0) is 11.3 Å². The Balaban J connectivity index is 2.02. The molecule has 0 radical (unpaired) electrons. The number of aliphatic hydroxyl groups excluding tert-OH is 1. The zero-order valence-electron chi connectivity index (χ0n) is 11.5. The van der Waals surface area contributed by atoms with Crippen LogP contribution in [0.1, 0.15) is 5.56 Å². The van der Waals surface area contributed by atoms with E-state index in [9.17, 15) is 0 Å². The highest BCUT2D eigenvalue weighted by Gasteiger charge is 2.19. The van der Waals surface area contributed by atoms with Crippen LogP contribution in [0.3, 0.4) is 0 Å². The van der Waals surface area contributed by atoms with E-state index in [4.69, 9.17) is 19.3 Å². The molecule has 1 aliphatic heterocycles. The Bertz CT molecular complexity index is 410. The number of ether oxygens (including phenoxy) is 3. The molecule has 0 saturated carbocycles. The van der Waals surface area contributed by atoms with Gasteiger partial charge in [0.05, 0.1) is 33.5 Å². The van der Waals surface area contributed by atoms with Crippen LogP contribution < -0.4 is 9.47 Å². The minimum Gasteiger partial charge on any atom is -0.493 e. The number of nitrogens with zero attached hydrogens (tertiary/aromatic N) is 1. The van der Waals surface area contributed by atoms with Gasteiger partial charge in [-0.05, 0) is 17.7 Å². The maximum Gasteiger partial charge on any atom is 0.161 e. The molecular formula is C14H21NO4. The zero-order valence-corrected chi connectivity index (χ0v) is 11.5. The van der Waals surface area contributed by atoms with Gasteiger partial charge >= 0.3 is 0 Å². The molecule has 1 N–H and O–H groups in total. The molecule has 0 bridgehead atoms. The second-order valence-corrected chi connectivity index (χ2v) is 4.60. The number of aliphatic hydroxyl groups is 1. The molecule has 1 heterocycles. The molecule has 106 valence electrons. The third kappa shape index (κ3) is 3.59. The molecule has 1 aromatic rings. The highest BCUT2D eigenvalue weighted by molar-refractivity contribution is 5.42. The minimum atomic E-state index is -0.0751. The number of hydrogen-bond acceptors (Lipinski definition) is 5. The predicted molar refractivity (Wildman–Crippen MR) is 71.6 cm³/mol. The smallest absolute Gasteiger partial charge is 0.161 e. The second kappa shape index (κ2) is 6.75. The summed E-state index contributed by atoms with van der Waals surface area (Å²) in [5.74, 6) is 1.48. The van der Waals surface area contributed by atoms with Crippen LogP contribution in [0, 0.1) is 0 Å². The molecule has 2 rings (SSSR count). The van der Waals surface area contributed by atoms with Gasteiger partial charge in [-0.3, -0.25) is 4.90 Å². The van der Waals surface area contributed by atoms with Gasteiger partial charge in [0.1, 0.15) is 0 Å². The van der Waals surface area contributed by atoms with Crippen molar-refractivity contribution >= 4 is 0 Å². The van der Waals surface area contributed by atoms with Crippen molar-refractivity contribution in [3.05, 3.63) is 23.8 Å². The molecule has 1 aliphatic rings. The number of morpholine rings is 1. The average Bonchev–Trinajstić information content (AvgIpc) is 2.47. The van der Waals surface area contributed by atoms with Crippen LogP contribution >= 0.6 is 0 Å². The summed E-state index contributed by atoms with van der Waals surface area (Å²) in [5, 5.41) is 9.14. The molecule has 1 saturated heterocycles. The molecule has 1 aromatic carbocycles. The average molecular weight is 267 g/mol. The molecule has 0 amide bonds. The monoisotopic (exact) mass is 267 g/mol. The molecule has 0 spiro atoms. The Kier molecular flexibility index (Phi) is 5.01. The van der Waals surface area contributed by atoms with Crippen molar-refractivity contribution in [2.45, 2.75) is 12.6 Å². The molecule has 19 heavy (non-hydrogen) atoms. The van der Waals surface area contributed by atoms with Gasteiger partial charge in [0.15, 0.2) is 11.5 Å². The van der Waals surface area contributed by atoms with Crippen LogP contribution in [-0.4, -0.2) is 56.6 Å². The number of methoxy groups -OCH3 is 2. The Hall–Kier alpha value is -1.30. The Morgan fingerprint density at radius 2 is 2.11 bits per heavy atom. The summed E-state index contributed by atoms with van der Waals surface area (Å²) in [7, 11) is 3.27. The lowest BCUT2D eigenvalue weighted by atomic mass is 10.1. The van der Waals surface area contributed by atoms with E-state index in [-0.39, 0.29) is 12.7 Å². The van der Waals surface area contributed by atoms with Crippen molar-refractivity contribution in [2.24, 2.45) is 0 Å². The van der Waals surface area contributed by atoms with E-state index >= 15 is 0 Å². The van der Waals surface area contributed by atoms with Crippen molar-refractivity contribution in [2.75, 3.05) is 40.5 Å². The summed E-state index contributed by atoms with van der Waals surface area (Å²) < 4.78 is 16.0. The largest absolute Gasteiger partial charge is 0.493 e. The van der Waals surface area contributed by atoms with Crippen molar-refractivity contribution in [3.8, 4) is 11.5 Å². The SMILES string of the molecule is COc1ccc(CN2CCOC(CO)C2)cc1OC. The Morgan fingerprint density at radius 3 is 2.79 bits per heavy atom. The Morgan fingerprint density at radius 1 is 1.32 bits per heavy atom. The molecular weight excluding hydrogens is 246 g/mol. The molecule has 1 unspecified atom stereocenters. The van der Waals surface area contributed by atoms with E-state index < -0.39 is 0 Å². The first-order valence-corrected chi connectivity index (χ1v) is 6.42. The lowest BCUT2D eigenvalue weighted by Gasteiger charge is -2.32. The highest BCUT2D eigenvalue weighted by atomic mass is 16.5. The lowest BCUT2D eigenvalue weighted by molar-refractivity contribution is -0.0551. The first kappa shape index (κ1) is 14.1. The molecule has 5 nitrogen and oxygen atoms in total. The number of benzene rings is 1. The van der Waals surface area contributed by atoms with Gasteiger partial charge in [-0.25, -0.2) is 0 Å². The third-order valence-corrected chi connectivity index (χ3v) is 3.28. The summed E-state index contributed by atoms with van der Waals surface area (Å²) in [6.45, 7) is 3.19. The number of rotatable bonds is 5. The number of hydrogen-bond donors (Lipinski definition) is 1. The van der Waals surface area contributed by atoms with Gasteiger partial charge < -0.3 is 19.3 Å². The van der Waals surface area contributed by atoms with Gasteiger partial charge in [-0.1, -0.05) is 6.07 Å². The summed E-state index contributed by atoms with van der Waals surface area (Å²) in [5.41, 5.74) is 1.16. The summed E-state index contributed by atoms with van der Waals surface area (Å²) in [4.78, 5) is 2.27. The second-order valence-electron chi connectivity index (χ2n) is 4.60. The van der Waals surface area contributed by atoms with Crippen molar-refractivity contribution in [3.63, 3.8) is 0 Å². The van der Waals surface area contributed by atoms with Crippen LogP contribution in [0.2, 0.25) is 0 Å². The summed E-state index contributed by atoms with van der Waals surface area (Å²) in [6, 6.07) is 5.94. The van der Waals surface area contributed by atoms with Gasteiger partial charge in [-0.2, -0.15) is 0 Å². The van der Waals surface area contributed by atoms with Crippen molar-refractivity contribution < 1.29 is 19.3 Å². The fraction of sp³-hybridized carbons (Fsp3) is 0.571. The molecule has 0 aliphatic carbocycles. The zero-order chi connectivity index (χ0) is 13.7.